The van der Waals surface area contributed by atoms with Crippen LogP contribution in [0.1, 0.15) is 33.6 Å². The molecule has 0 unspecified atom stereocenters. The first-order valence-corrected chi connectivity index (χ1v) is 9.33. The van der Waals surface area contributed by atoms with E-state index in [1.807, 2.05) is 26.8 Å². The zero-order valence-electron chi connectivity index (χ0n) is 16.3. The number of pyridine rings is 2. The average Bonchev–Trinajstić information content (AvgIpc) is 2.64. The third-order valence-electron chi connectivity index (χ3n) is 4.08. The van der Waals surface area contributed by atoms with Crippen molar-refractivity contribution in [2.24, 2.45) is 0 Å². The van der Waals surface area contributed by atoms with Gasteiger partial charge in [0.1, 0.15) is 17.5 Å². The van der Waals surface area contributed by atoms with Crippen molar-refractivity contribution in [3.05, 3.63) is 47.3 Å². The average molecular weight is 380 g/mol. The maximum atomic E-state index is 13.0. The zero-order valence-corrected chi connectivity index (χ0v) is 16.3. The van der Waals surface area contributed by atoms with Crippen molar-refractivity contribution in [3.8, 4) is 0 Å². The summed E-state index contributed by atoms with van der Waals surface area (Å²) in [6.45, 7) is 5.97. The van der Waals surface area contributed by atoms with Crippen LogP contribution in [0.5, 0.6) is 0 Å². The van der Waals surface area contributed by atoms with Crippen LogP contribution in [0.15, 0.2) is 41.7 Å². The van der Waals surface area contributed by atoms with Crippen LogP contribution in [-0.2, 0) is 11.3 Å². The van der Waals surface area contributed by atoms with E-state index in [9.17, 15) is 9.59 Å². The molecule has 3 rings (SSSR count). The Kier molecular flexibility index (Phi) is 5.98. The number of hydrogen-bond donors (Lipinski definition) is 2. The predicted octanol–water partition coefficient (Wildman–Crippen LogP) is 3.12. The van der Waals surface area contributed by atoms with Crippen molar-refractivity contribution < 1.29 is 4.79 Å². The van der Waals surface area contributed by atoms with Gasteiger partial charge in [0.05, 0.1) is 18.1 Å². The number of anilines is 3. The standard InChI is InChI=1S/C20H24N6O2/c1-4-5-15(27)12-26-9-6-14-10-16(24-17-11-21-7-8-22-17)25-19(23-13(2)3)18(14)20(26)28/h6-11,13H,4-5,12H2,1-3H3,(H2,22,23,24,25). The van der Waals surface area contributed by atoms with E-state index < -0.39 is 0 Å². The first kappa shape index (κ1) is 19.5. The lowest BCUT2D eigenvalue weighted by atomic mass is 10.1. The van der Waals surface area contributed by atoms with Gasteiger partial charge >= 0.3 is 0 Å². The molecule has 0 aliphatic carbocycles. The highest BCUT2D eigenvalue weighted by Crippen LogP contribution is 2.24. The molecule has 3 aromatic heterocycles. The molecule has 0 atom stereocenters. The summed E-state index contributed by atoms with van der Waals surface area (Å²) in [5.41, 5.74) is -0.233. The van der Waals surface area contributed by atoms with E-state index in [2.05, 4.69) is 25.6 Å². The van der Waals surface area contributed by atoms with Crippen molar-refractivity contribution in [2.75, 3.05) is 10.6 Å². The van der Waals surface area contributed by atoms with E-state index in [1.165, 1.54) is 4.57 Å². The lowest BCUT2D eigenvalue weighted by Gasteiger charge is -2.15. The van der Waals surface area contributed by atoms with Crippen LogP contribution in [0.25, 0.3) is 10.8 Å². The molecule has 0 fully saturated rings. The number of ketones is 1. The summed E-state index contributed by atoms with van der Waals surface area (Å²) in [5.74, 6) is 1.62. The fraction of sp³-hybridized carbons (Fsp3) is 0.350. The second kappa shape index (κ2) is 8.60. The van der Waals surface area contributed by atoms with Crippen molar-refractivity contribution in [1.82, 2.24) is 19.5 Å². The van der Waals surface area contributed by atoms with Crippen LogP contribution in [0.2, 0.25) is 0 Å². The molecular weight excluding hydrogens is 356 g/mol. The van der Waals surface area contributed by atoms with Crippen molar-refractivity contribution in [1.29, 1.82) is 0 Å². The van der Waals surface area contributed by atoms with Gasteiger partial charge in [0.25, 0.3) is 5.56 Å². The normalized spacial score (nSPS) is 11.0. The third-order valence-corrected chi connectivity index (χ3v) is 4.08. The highest BCUT2D eigenvalue weighted by Gasteiger charge is 2.14. The molecule has 0 amide bonds. The zero-order chi connectivity index (χ0) is 20.1. The molecule has 146 valence electrons. The van der Waals surface area contributed by atoms with Gasteiger partial charge in [-0.15, -0.1) is 0 Å². The molecule has 2 N–H and O–H groups in total. The molecule has 0 aromatic carbocycles. The van der Waals surface area contributed by atoms with Crippen LogP contribution in [0, 0.1) is 0 Å². The SMILES string of the molecule is CCCC(=O)Cn1ccc2cc(Nc3cnccn3)nc(NC(C)C)c2c1=O. The van der Waals surface area contributed by atoms with E-state index in [0.717, 1.165) is 11.8 Å². The van der Waals surface area contributed by atoms with Crippen LogP contribution in [0.4, 0.5) is 17.5 Å². The van der Waals surface area contributed by atoms with Gasteiger partial charge in [0.15, 0.2) is 5.78 Å². The Morgan fingerprint density at radius 3 is 2.75 bits per heavy atom. The smallest absolute Gasteiger partial charge is 0.262 e. The number of carbonyl (C=O) groups is 1. The lowest BCUT2D eigenvalue weighted by molar-refractivity contribution is -0.119. The van der Waals surface area contributed by atoms with E-state index >= 15 is 0 Å². The Morgan fingerprint density at radius 1 is 1.25 bits per heavy atom. The van der Waals surface area contributed by atoms with Gasteiger partial charge in [0, 0.05) is 31.1 Å². The van der Waals surface area contributed by atoms with Gasteiger partial charge < -0.3 is 15.2 Å². The quantitative estimate of drug-likeness (QED) is 0.619. The first-order chi connectivity index (χ1) is 13.5. The Bertz CT molecular complexity index is 1030. The van der Waals surface area contributed by atoms with Crippen LogP contribution < -0.4 is 16.2 Å². The number of hydrogen-bond acceptors (Lipinski definition) is 7. The third kappa shape index (κ3) is 4.51. The van der Waals surface area contributed by atoms with Crippen LogP contribution >= 0.6 is 0 Å². The molecular formula is C20H24N6O2. The maximum Gasteiger partial charge on any atom is 0.262 e. The number of aromatic nitrogens is 4. The number of nitrogens with one attached hydrogen (secondary N) is 2. The molecule has 0 saturated heterocycles. The van der Waals surface area contributed by atoms with Gasteiger partial charge in [-0.3, -0.25) is 14.6 Å². The molecule has 0 aliphatic heterocycles. The number of fused-ring (bicyclic) bond motifs is 1. The minimum atomic E-state index is -0.233. The monoisotopic (exact) mass is 380 g/mol. The van der Waals surface area contributed by atoms with E-state index in [0.29, 0.717) is 29.3 Å². The second-order valence-electron chi connectivity index (χ2n) is 6.87. The Labute approximate surface area is 163 Å². The molecule has 8 nitrogen and oxygen atoms in total. The summed E-state index contributed by atoms with van der Waals surface area (Å²) < 4.78 is 1.45. The van der Waals surface area contributed by atoms with Crippen molar-refractivity contribution in [2.45, 2.75) is 46.2 Å². The summed E-state index contributed by atoms with van der Waals surface area (Å²) in [6.07, 6.45) is 7.65. The first-order valence-electron chi connectivity index (χ1n) is 9.33. The predicted molar refractivity (Wildman–Crippen MR) is 110 cm³/mol. The summed E-state index contributed by atoms with van der Waals surface area (Å²) in [5, 5.41) is 7.53. The van der Waals surface area contributed by atoms with Gasteiger partial charge in [-0.1, -0.05) is 6.92 Å². The van der Waals surface area contributed by atoms with Crippen LogP contribution in [0.3, 0.4) is 0 Å². The fourth-order valence-corrected chi connectivity index (χ4v) is 2.91. The molecule has 8 heteroatoms. The molecule has 0 radical (unpaired) electrons. The molecule has 0 saturated carbocycles. The maximum absolute atomic E-state index is 13.0. The lowest BCUT2D eigenvalue weighted by Crippen LogP contribution is -2.25. The van der Waals surface area contributed by atoms with Gasteiger partial charge in [-0.05, 0) is 37.8 Å². The highest BCUT2D eigenvalue weighted by atomic mass is 16.1. The number of rotatable bonds is 8. The fourth-order valence-electron chi connectivity index (χ4n) is 2.91. The minimum absolute atomic E-state index is 0.0382. The summed E-state index contributed by atoms with van der Waals surface area (Å²) in [7, 11) is 0. The molecule has 0 bridgehead atoms. The molecule has 0 aliphatic rings. The number of carbonyl (C=O) groups excluding carboxylic acids is 1. The summed E-state index contributed by atoms with van der Waals surface area (Å²) in [4.78, 5) is 37.8. The van der Waals surface area contributed by atoms with Crippen LogP contribution in [-0.4, -0.2) is 31.3 Å². The Hall–Kier alpha value is -3.29. The minimum Gasteiger partial charge on any atom is -0.367 e. The number of Topliss-reactive ketones (excluding diaryl/α,β-unsaturated/α-hetero) is 1. The largest absolute Gasteiger partial charge is 0.367 e. The van der Waals surface area contributed by atoms with E-state index in [1.54, 1.807) is 30.9 Å². The van der Waals surface area contributed by atoms with Crippen molar-refractivity contribution >= 4 is 34.0 Å². The molecule has 3 heterocycles. The highest BCUT2D eigenvalue weighted by molar-refractivity contribution is 5.93. The van der Waals surface area contributed by atoms with E-state index in [4.69, 9.17) is 0 Å². The molecule has 28 heavy (non-hydrogen) atoms. The Balaban J connectivity index is 2.06. The topological polar surface area (TPSA) is 102 Å². The Morgan fingerprint density at radius 2 is 2.07 bits per heavy atom. The van der Waals surface area contributed by atoms with E-state index in [-0.39, 0.29) is 23.9 Å². The number of nitrogens with zero attached hydrogens (tertiary/aromatic N) is 4. The van der Waals surface area contributed by atoms with Gasteiger partial charge in [0.2, 0.25) is 0 Å². The van der Waals surface area contributed by atoms with Gasteiger partial charge in [-0.25, -0.2) is 9.97 Å². The van der Waals surface area contributed by atoms with Crippen molar-refractivity contribution in [3.63, 3.8) is 0 Å². The molecule has 3 aromatic rings. The second-order valence-corrected chi connectivity index (χ2v) is 6.87. The molecule has 0 spiro atoms. The van der Waals surface area contributed by atoms with Gasteiger partial charge in [-0.2, -0.15) is 0 Å². The summed E-state index contributed by atoms with van der Waals surface area (Å²) >= 11 is 0. The summed E-state index contributed by atoms with van der Waals surface area (Å²) in [6, 6.07) is 3.69.